The van der Waals surface area contributed by atoms with Gasteiger partial charge in [-0.1, -0.05) is 0 Å². The van der Waals surface area contributed by atoms with E-state index in [1.54, 1.807) is 0 Å². The van der Waals surface area contributed by atoms with Crippen LogP contribution in [-0.4, -0.2) is 22.6 Å². The standard InChI is InChI=1S/C10H6F3N5O2/c11-3-1-4(17-18-5(2-14)9(15)16)8(13)6(7(3)12)10(19)20/h1,17H,(H3,15,16)(H,19,20)/b18-5+. The second kappa shape index (κ2) is 5.70. The van der Waals surface area contributed by atoms with E-state index in [9.17, 15) is 18.0 Å². The van der Waals surface area contributed by atoms with Crippen LogP contribution < -0.4 is 11.2 Å². The molecule has 0 saturated carbocycles. The first kappa shape index (κ1) is 15.0. The summed E-state index contributed by atoms with van der Waals surface area (Å²) in [6, 6.07) is 1.70. The minimum Gasteiger partial charge on any atom is -0.477 e. The number of carboxylic acids is 1. The highest BCUT2D eigenvalue weighted by Crippen LogP contribution is 2.24. The van der Waals surface area contributed by atoms with Gasteiger partial charge in [0.25, 0.3) is 0 Å². The molecule has 0 bridgehead atoms. The second-order valence-electron chi connectivity index (χ2n) is 3.31. The van der Waals surface area contributed by atoms with Crippen molar-refractivity contribution in [3.63, 3.8) is 0 Å². The molecule has 0 heterocycles. The summed E-state index contributed by atoms with van der Waals surface area (Å²) in [5, 5.41) is 27.2. The van der Waals surface area contributed by atoms with Crippen LogP contribution in [0.1, 0.15) is 10.4 Å². The van der Waals surface area contributed by atoms with Crippen LogP contribution in [0.25, 0.3) is 0 Å². The molecule has 104 valence electrons. The third kappa shape index (κ3) is 2.83. The molecule has 0 atom stereocenters. The van der Waals surface area contributed by atoms with Gasteiger partial charge in [-0.3, -0.25) is 10.8 Å². The van der Waals surface area contributed by atoms with Gasteiger partial charge in [0.1, 0.15) is 11.6 Å². The average molecular weight is 285 g/mol. The average Bonchev–Trinajstić information content (AvgIpc) is 2.35. The first-order valence-corrected chi connectivity index (χ1v) is 4.78. The zero-order chi connectivity index (χ0) is 15.4. The zero-order valence-corrected chi connectivity index (χ0v) is 9.54. The van der Waals surface area contributed by atoms with Crippen molar-refractivity contribution in [2.75, 3.05) is 5.43 Å². The second-order valence-corrected chi connectivity index (χ2v) is 3.31. The van der Waals surface area contributed by atoms with Gasteiger partial charge in [-0.15, -0.1) is 0 Å². The van der Waals surface area contributed by atoms with E-state index in [1.165, 1.54) is 6.07 Å². The Labute approximate surface area is 109 Å². The van der Waals surface area contributed by atoms with Gasteiger partial charge >= 0.3 is 5.97 Å². The summed E-state index contributed by atoms with van der Waals surface area (Å²) < 4.78 is 39.9. The molecule has 5 N–H and O–H groups in total. The quantitative estimate of drug-likeness (QED) is 0.283. The molecule has 0 aliphatic heterocycles. The molecular formula is C10H6F3N5O2. The maximum absolute atomic E-state index is 13.6. The monoisotopic (exact) mass is 285 g/mol. The number of hydrogen-bond acceptors (Lipinski definition) is 5. The molecule has 0 radical (unpaired) electrons. The van der Waals surface area contributed by atoms with Gasteiger partial charge in [0.15, 0.2) is 23.3 Å². The fourth-order valence-electron chi connectivity index (χ4n) is 1.13. The minimum atomic E-state index is -2.02. The van der Waals surface area contributed by atoms with Gasteiger partial charge in [0.05, 0.1) is 5.69 Å². The molecule has 0 aliphatic rings. The molecule has 0 unspecified atom stereocenters. The Balaban J connectivity index is 3.32. The summed E-state index contributed by atoms with van der Waals surface area (Å²) in [6.45, 7) is 0. The Morgan fingerprint density at radius 2 is 2.05 bits per heavy atom. The van der Waals surface area contributed by atoms with Gasteiger partial charge in [0, 0.05) is 6.07 Å². The number of aromatic carboxylic acids is 1. The molecule has 1 aromatic carbocycles. The van der Waals surface area contributed by atoms with E-state index in [0.717, 1.165) is 0 Å². The maximum atomic E-state index is 13.6. The molecule has 0 amide bonds. The van der Waals surface area contributed by atoms with Crippen LogP contribution in [0, 0.1) is 34.2 Å². The van der Waals surface area contributed by atoms with Gasteiger partial charge in [-0.25, -0.2) is 18.0 Å². The number of rotatable bonds is 4. The van der Waals surface area contributed by atoms with Gasteiger partial charge < -0.3 is 10.8 Å². The highest BCUT2D eigenvalue weighted by Gasteiger charge is 2.24. The maximum Gasteiger partial charge on any atom is 0.341 e. The summed E-state index contributed by atoms with van der Waals surface area (Å²) in [5.41, 5.74) is 3.78. The van der Waals surface area contributed by atoms with Crippen molar-refractivity contribution in [3.8, 4) is 6.07 Å². The fraction of sp³-hybridized carbons (Fsp3) is 0. The molecule has 10 heteroatoms. The Hall–Kier alpha value is -3.09. The van der Waals surface area contributed by atoms with Crippen molar-refractivity contribution in [2.24, 2.45) is 10.8 Å². The molecule has 20 heavy (non-hydrogen) atoms. The Kier molecular flexibility index (Phi) is 4.27. The summed E-state index contributed by atoms with van der Waals surface area (Å²) in [6.07, 6.45) is 0. The number of nitrogens with one attached hydrogen (secondary N) is 2. The van der Waals surface area contributed by atoms with E-state index >= 15 is 0 Å². The van der Waals surface area contributed by atoms with Crippen LogP contribution in [0.5, 0.6) is 0 Å². The van der Waals surface area contributed by atoms with Gasteiger partial charge in [-0.2, -0.15) is 10.4 Å². The van der Waals surface area contributed by atoms with Crippen molar-refractivity contribution >= 4 is 23.2 Å². The topological polar surface area (TPSA) is 135 Å². The van der Waals surface area contributed by atoms with Crippen molar-refractivity contribution in [1.82, 2.24) is 0 Å². The SMILES string of the molecule is N#C/C(=N\Nc1cc(F)c(F)c(C(=O)O)c1F)C(=N)N. The van der Waals surface area contributed by atoms with Gasteiger partial charge in [0.2, 0.25) is 5.71 Å². The number of carbonyl (C=O) groups is 1. The molecule has 1 rings (SSSR count). The van der Waals surface area contributed by atoms with E-state index in [4.69, 9.17) is 21.5 Å². The number of benzene rings is 1. The van der Waals surface area contributed by atoms with E-state index in [1.807, 2.05) is 5.43 Å². The van der Waals surface area contributed by atoms with E-state index in [2.05, 4.69) is 5.10 Å². The lowest BCUT2D eigenvalue weighted by atomic mass is 10.1. The van der Waals surface area contributed by atoms with Crippen molar-refractivity contribution in [1.29, 1.82) is 10.7 Å². The number of nitriles is 1. The van der Waals surface area contributed by atoms with Crippen LogP contribution in [0.3, 0.4) is 0 Å². The molecule has 1 aromatic rings. The number of nitrogens with two attached hydrogens (primary N) is 1. The lowest BCUT2D eigenvalue weighted by molar-refractivity contribution is 0.0685. The molecule has 0 spiro atoms. The Bertz CT molecular complexity index is 666. The lowest BCUT2D eigenvalue weighted by Gasteiger charge is -2.07. The summed E-state index contributed by atoms with van der Waals surface area (Å²) in [4.78, 5) is 10.6. The number of nitrogens with zero attached hydrogens (tertiary/aromatic N) is 2. The van der Waals surface area contributed by atoms with Crippen LogP contribution in [-0.2, 0) is 0 Å². The highest BCUT2D eigenvalue weighted by molar-refractivity contribution is 6.45. The first-order chi connectivity index (χ1) is 9.29. The largest absolute Gasteiger partial charge is 0.477 e. The van der Waals surface area contributed by atoms with Crippen molar-refractivity contribution in [3.05, 3.63) is 29.1 Å². The number of carboxylic acid groups (broad SMARTS) is 1. The number of amidine groups is 1. The van der Waals surface area contributed by atoms with E-state index < -0.39 is 46.2 Å². The minimum absolute atomic E-state index is 0.315. The number of anilines is 1. The van der Waals surface area contributed by atoms with Crippen LogP contribution in [0.4, 0.5) is 18.9 Å². The summed E-state index contributed by atoms with van der Waals surface area (Å²) >= 11 is 0. The van der Waals surface area contributed by atoms with Crippen LogP contribution >= 0.6 is 0 Å². The van der Waals surface area contributed by atoms with Crippen LogP contribution in [0.15, 0.2) is 11.2 Å². The predicted octanol–water partition coefficient (Wildman–Crippen LogP) is 1.03. The third-order valence-electron chi connectivity index (χ3n) is 2.02. The molecule has 0 aliphatic carbocycles. The summed E-state index contributed by atoms with van der Waals surface area (Å²) in [5.74, 6) is -7.86. The van der Waals surface area contributed by atoms with E-state index in [0.29, 0.717) is 6.07 Å². The smallest absolute Gasteiger partial charge is 0.341 e. The Morgan fingerprint density at radius 1 is 1.45 bits per heavy atom. The molecule has 7 nitrogen and oxygen atoms in total. The van der Waals surface area contributed by atoms with E-state index in [-0.39, 0.29) is 0 Å². The molecule has 0 aromatic heterocycles. The highest BCUT2D eigenvalue weighted by atomic mass is 19.2. The lowest BCUT2D eigenvalue weighted by Crippen LogP contribution is -2.22. The predicted molar refractivity (Wildman–Crippen MR) is 61.9 cm³/mol. The zero-order valence-electron chi connectivity index (χ0n) is 9.54. The van der Waals surface area contributed by atoms with Gasteiger partial charge in [-0.05, 0) is 0 Å². The number of hydrogen-bond donors (Lipinski definition) is 4. The number of hydrazone groups is 1. The first-order valence-electron chi connectivity index (χ1n) is 4.78. The van der Waals surface area contributed by atoms with Crippen LogP contribution in [0.2, 0.25) is 0 Å². The van der Waals surface area contributed by atoms with Crippen molar-refractivity contribution in [2.45, 2.75) is 0 Å². The normalized spacial score (nSPS) is 10.8. The van der Waals surface area contributed by atoms with Crippen molar-refractivity contribution < 1.29 is 23.1 Å². The third-order valence-corrected chi connectivity index (χ3v) is 2.02. The fourth-order valence-corrected chi connectivity index (χ4v) is 1.13. The molecule has 0 saturated heterocycles. The number of halogens is 3. The molecule has 0 fully saturated rings. The summed E-state index contributed by atoms with van der Waals surface area (Å²) in [7, 11) is 0. The Morgan fingerprint density at radius 3 is 2.50 bits per heavy atom. The molecular weight excluding hydrogens is 279 g/mol.